The first-order valence-electron chi connectivity index (χ1n) is 7.24. The molecule has 1 heterocycles. The molecule has 0 spiro atoms. The highest BCUT2D eigenvalue weighted by Gasteiger charge is 2.62. The number of hydrogen-bond donors (Lipinski definition) is 1. The predicted molar refractivity (Wildman–Crippen MR) is 73.2 cm³/mol. The number of rotatable bonds is 2. The highest BCUT2D eigenvalue weighted by Crippen LogP contribution is 2.57. The van der Waals surface area contributed by atoms with Crippen molar-refractivity contribution in [3.63, 3.8) is 0 Å². The topological polar surface area (TPSA) is 44.5 Å². The number of ether oxygens (including phenoxy) is 2. The number of fused-ring (bicyclic) bond motifs is 1. The highest BCUT2D eigenvalue weighted by atomic mass is 16.8. The highest BCUT2D eigenvalue weighted by molar-refractivity contribution is 5.09. The Morgan fingerprint density at radius 2 is 1.78 bits per heavy atom. The van der Waals surface area contributed by atoms with Gasteiger partial charge in [0.1, 0.15) is 5.60 Å². The lowest BCUT2D eigenvalue weighted by atomic mass is 9.55. The molecular formula is C15H29NO2. The van der Waals surface area contributed by atoms with E-state index in [0.29, 0.717) is 18.4 Å². The van der Waals surface area contributed by atoms with Crippen LogP contribution in [0, 0.1) is 17.3 Å². The normalized spacial score (nSPS) is 45.8. The molecule has 1 aliphatic heterocycles. The van der Waals surface area contributed by atoms with Crippen molar-refractivity contribution in [3.05, 3.63) is 0 Å². The smallest absolute Gasteiger partial charge is 0.164 e. The van der Waals surface area contributed by atoms with E-state index in [1.165, 1.54) is 0 Å². The summed E-state index contributed by atoms with van der Waals surface area (Å²) < 4.78 is 12.5. The fraction of sp³-hybridized carbons (Fsp3) is 1.00. The van der Waals surface area contributed by atoms with Gasteiger partial charge in [0.15, 0.2) is 5.79 Å². The van der Waals surface area contributed by atoms with Crippen LogP contribution in [0.1, 0.15) is 54.4 Å². The van der Waals surface area contributed by atoms with Crippen molar-refractivity contribution in [2.45, 2.75) is 71.9 Å². The molecule has 0 aromatic carbocycles. The monoisotopic (exact) mass is 255 g/mol. The minimum Gasteiger partial charge on any atom is -0.344 e. The van der Waals surface area contributed by atoms with Crippen LogP contribution in [-0.2, 0) is 9.47 Å². The van der Waals surface area contributed by atoms with E-state index >= 15 is 0 Å². The van der Waals surface area contributed by atoms with Crippen molar-refractivity contribution >= 4 is 0 Å². The third-order valence-electron chi connectivity index (χ3n) is 5.63. The third-order valence-corrected chi connectivity index (χ3v) is 5.63. The fourth-order valence-corrected chi connectivity index (χ4v) is 3.94. The molecule has 2 aliphatic rings. The van der Waals surface area contributed by atoms with Gasteiger partial charge in [-0.25, -0.2) is 0 Å². The molecule has 3 heteroatoms. The molecule has 106 valence electrons. The van der Waals surface area contributed by atoms with Gasteiger partial charge in [0.25, 0.3) is 0 Å². The molecular weight excluding hydrogens is 226 g/mol. The lowest BCUT2D eigenvalue weighted by Gasteiger charge is -2.53. The third kappa shape index (κ3) is 1.91. The van der Waals surface area contributed by atoms with Crippen LogP contribution >= 0.6 is 0 Å². The molecule has 4 atom stereocenters. The van der Waals surface area contributed by atoms with Crippen molar-refractivity contribution in [2.75, 3.05) is 6.54 Å². The van der Waals surface area contributed by atoms with E-state index in [1.807, 2.05) is 13.8 Å². The van der Waals surface area contributed by atoms with Crippen LogP contribution in [-0.4, -0.2) is 24.0 Å². The summed E-state index contributed by atoms with van der Waals surface area (Å²) in [7, 11) is 0. The molecule has 1 saturated heterocycles. The second-order valence-corrected chi connectivity index (χ2v) is 7.28. The molecule has 3 nitrogen and oxygen atoms in total. The zero-order chi connectivity index (χ0) is 13.8. The Morgan fingerprint density at radius 1 is 1.17 bits per heavy atom. The van der Waals surface area contributed by atoms with E-state index in [1.54, 1.807) is 0 Å². The SMILES string of the molecule is C[C@@H]1C(C)(C)[C@@H](C)C[C@@H]2OC(C)(C)O[C@@]21CCN. The molecule has 0 aromatic heterocycles. The summed E-state index contributed by atoms with van der Waals surface area (Å²) >= 11 is 0. The predicted octanol–water partition coefficient (Wildman–Crippen LogP) is 2.93. The molecule has 0 amide bonds. The van der Waals surface area contributed by atoms with Crippen molar-refractivity contribution in [1.29, 1.82) is 0 Å². The molecule has 2 fully saturated rings. The lowest BCUT2D eigenvalue weighted by molar-refractivity contribution is -0.186. The van der Waals surface area contributed by atoms with Gasteiger partial charge in [-0.3, -0.25) is 0 Å². The van der Waals surface area contributed by atoms with Crippen molar-refractivity contribution in [3.8, 4) is 0 Å². The molecule has 0 aromatic rings. The summed E-state index contributed by atoms with van der Waals surface area (Å²) in [5.41, 5.74) is 5.91. The first-order chi connectivity index (χ1) is 8.16. The summed E-state index contributed by atoms with van der Waals surface area (Å²) in [6.45, 7) is 14.0. The van der Waals surface area contributed by atoms with E-state index in [0.717, 1.165) is 12.8 Å². The van der Waals surface area contributed by atoms with Crippen LogP contribution in [0.3, 0.4) is 0 Å². The van der Waals surface area contributed by atoms with Crippen LogP contribution < -0.4 is 5.73 Å². The molecule has 18 heavy (non-hydrogen) atoms. The van der Waals surface area contributed by atoms with Crippen LogP contribution in [0.4, 0.5) is 0 Å². The largest absolute Gasteiger partial charge is 0.344 e. The second-order valence-electron chi connectivity index (χ2n) is 7.28. The Morgan fingerprint density at radius 3 is 2.33 bits per heavy atom. The molecule has 2 rings (SSSR count). The zero-order valence-corrected chi connectivity index (χ0v) is 12.7. The summed E-state index contributed by atoms with van der Waals surface area (Å²) in [6.07, 6.45) is 2.15. The minimum absolute atomic E-state index is 0.189. The van der Waals surface area contributed by atoms with Gasteiger partial charge in [-0.15, -0.1) is 0 Å². The van der Waals surface area contributed by atoms with Gasteiger partial charge in [0.05, 0.1) is 6.10 Å². The zero-order valence-electron chi connectivity index (χ0n) is 12.7. The second kappa shape index (κ2) is 4.19. The minimum atomic E-state index is -0.478. The maximum absolute atomic E-state index is 6.37. The Hall–Kier alpha value is -0.120. The van der Waals surface area contributed by atoms with Gasteiger partial charge >= 0.3 is 0 Å². The Labute approximate surface area is 111 Å². The van der Waals surface area contributed by atoms with Gasteiger partial charge in [-0.05, 0) is 50.5 Å². The molecule has 0 radical (unpaired) electrons. The summed E-state index contributed by atoms with van der Waals surface area (Å²) in [4.78, 5) is 0. The molecule has 1 aliphatic carbocycles. The van der Waals surface area contributed by atoms with Gasteiger partial charge < -0.3 is 15.2 Å². The first kappa shape index (κ1) is 14.3. The van der Waals surface area contributed by atoms with Gasteiger partial charge in [0, 0.05) is 0 Å². The summed E-state index contributed by atoms with van der Waals surface area (Å²) in [5.74, 6) is 0.610. The van der Waals surface area contributed by atoms with E-state index in [-0.39, 0.29) is 17.1 Å². The maximum Gasteiger partial charge on any atom is 0.164 e. The molecule has 1 saturated carbocycles. The van der Waals surface area contributed by atoms with E-state index in [9.17, 15) is 0 Å². The van der Waals surface area contributed by atoms with E-state index < -0.39 is 5.79 Å². The summed E-state index contributed by atoms with van der Waals surface area (Å²) in [5, 5.41) is 0. The summed E-state index contributed by atoms with van der Waals surface area (Å²) in [6, 6.07) is 0. The lowest BCUT2D eigenvalue weighted by Crippen LogP contribution is -2.58. The molecule has 0 bridgehead atoms. The van der Waals surface area contributed by atoms with Crippen molar-refractivity contribution in [1.82, 2.24) is 0 Å². The van der Waals surface area contributed by atoms with Gasteiger partial charge in [-0.2, -0.15) is 0 Å². The van der Waals surface area contributed by atoms with Crippen LogP contribution in [0.15, 0.2) is 0 Å². The average molecular weight is 255 g/mol. The van der Waals surface area contributed by atoms with Crippen molar-refractivity contribution < 1.29 is 9.47 Å². The van der Waals surface area contributed by atoms with E-state index in [2.05, 4.69) is 27.7 Å². The average Bonchev–Trinajstić information content (AvgIpc) is 2.48. The van der Waals surface area contributed by atoms with Crippen LogP contribution in [0.25, 0.3) is 0 Å². The molecule has 0 unspecified atom stereocenters. The number of nitrogens with two attached hydrogens (primary N) is 1. The van der Waals surface area contributed by atoms with E-state index in [4.69, 9.17) is 15.2 Å². The van der Waals surface area contributed by atoms with Gasteiger partial charge in [-0.1, -0.05) is 27.7 Å². The van der Waals surface area contributed by atoms with Crippen LogP contribution in [0.5, 0.6) is 0 Å². The Kier molecular flexibility index (Phi) is 3.33. The first-order valence-corrected chi connectivity index (χ1v) is 7.24. The standard InChI is InChI=1S/C15H29NO2/c1-10-9-12-15(7-8-16,11(2)13(10,3)4)18-14(5,6)17-12/h10-12H,7-9,16H2,1-6H3/t10-,11+,12-,15+/m0/s1. The number of hydrogen-bond acceptors (Lipinski definition) is 3. The van der Waals surface area contributed by atoms with Gasteiger partial charge in [0.2, 0.25) is 0 Å². The van der Waals surface area contributed by atoms with Crippen molar-refractivity contribution in [2.24, 2.45) is 23.0 Å². The quantitative estimate of drug-likeness (QED) is 0.825. The fourth-order valence-electron chi connectivity index (χ4n) is 3.94. The molecule has 2 N–H and O–H groups in total. The Balaban J connectivity index is 2.39. The van der Waals surface area contributed by atoms with Crippen LogP contribution in [0.2, 0.25) is 0 Å². The maximum atomic E-state index is 6.37. The Bertz CT molecular complexity index is 326.